The van der Waals surface area contributed by atoms with Crippen LogP contribution in [0.5, 0.6) is 0 Å². The minimum absolute atomic E-state index is 0.0408. The van der Waals surface area contributed by atoms with Gasteiger partial charge < -0.3 is 10.2 Å². The molecule has 1 fully saturated rings. The second-order valence-electron chi connectivity index (χ2n) is 6.37. The minimum Gasteiger partial charge on any atom is -0.337 e. The predicted octanol–water partition coefficient (Wildman–Crippen LogP) is 4.18. The number of hydrogen-bond donors (Lipinski definition) is 1. The van der Waals surface area contributed by atoms with Gasteiger partial charge in [-0.15, -0.1) is 0 Å². The standard InChI is InChI=1S/C21H20ClFN2O2/c22-18(15-7-3-1-4-8-15)19(21(27)25-13-5-2-6-14-25)24-20(26)16-9-11-17(23)12-10-16/h1,3-4,7-12H,2,5-6,13-14H2,(H,24,26)/b19-18-. The molecule has 1 aliphatic heterocycles. The predicted molar refractivity (Wildman–Crippen MR) is 104 cm³/mol. The van der Waals surface area contributed by atoms with Gasteiger partial charge in [0, 0.05) is 18.7 Å². The Morgan fingerprint density at radius 2 is 1.52 bits per heavy atom. The lowest BCUT2D eigenvalue weighted by Crippen LogP contribution is -2.41. The summed E-state index contributed by atoms with van der Waals surface area (Å²) in [5.41, 5.74) is 0.927. The van der Waals surface area contributed by atoms with E-state index in [9.17, 15) is 14.0 Å². The van der Waals surface area contributed by atoms with Gasteiger partial charge in [-0.25, -0.2) is 4.39 Å². The van der Waals surface area contributed by atoms with Crippen LogP contribution in [0, 0.1) is 5.82 Å². The molecule has 2 aromatic rings. The molecule has 0 bridgehead atoms. The third kappa shape index (κ3) is 4.74. The maximum Gasteiger partial charge on any atom is 0.271 e. The minimum atomic E-state index is -0.510. The molecule has 0 saturated carbocycles. The van der Waals surface area contributed by atoms with Crippen LogP contribution in [0.25, 0.3) is 5.03 Å². The molecule has 0 atom stereocenters. The normalized spacial score (nSPS) is 15.1. The third-order valence-electron chi connectivity index (χ3n) is 4.45. The van der Waals surface area contributed by atoms with Crippen molar-refractivity contribution in [3.63, 3.8) is 0 Å². The highest BCUT2D eigenvalue weighted by atomic mass is 35.5. The fourth-order valence-electron chi connectivity index (χ4n) is 2.97. The number of carbonyl (C=O) groups excluding carboxylic acids is 2. The number of amides is 2. The topological polar surface area (TPSA) is 49.4 Å². The Labute approximate surface area is 162 Å². The summed E-state index contributed by atoms with van der Waals surface area (Å²) < 4.78 is 13.1. The molecule has 2 amide bonds. The Bertz CT molecular complexity index is 844. The first-order valence-electron chi connectivity index (χ1n) is 8.87. The molecular weight excluding hydrogens is 367 g/mol. The number of nitrogens with zero attached hydrogens (tertiary/aromatic N) is 1. The van der Waals surface area contributed by atoms with E-state index in [4.69, 9.17) is 11.6 Å². The first kappa shape index (κ1) is 19.1. The summed E-state index contributed by atoms with van der Waals surface area (Å²) in [5, 5.41) is 2.83. The fraction of sp³-hybridized carbons (Fsp3) is 0.238. The summed E-state index contributed by atoms with van der Waals surface area (Å²) in [4.78, 5) is 27.3. The zero-order valence-corrected chi connectivity index (χ0v) is 15.5. The number of rotatable bonds is 4. The summed E-state index contributed by atoms with van der Waals surface area (Å²) in [5.74, 6) is -1.25. The summed E-state index contributed by atoms with van der Waals surface area (Å²) in [6.07, 6.45) is 2.93. The highest BCUT2D eigenvalue weighted by molar-refractivity contribution is 6.51. The SMILES string of the molecule is O=C(N/C(C(=O)N1CCCCC1)=C(\Cl)c1ccccc1)c1ccc(F)cc1. The zero-order chi connectivity index (χ0) is 19.2. The van der Waals surface area contributed by atoms with E-state index in [1.165, 1.54) is 24.3 Å². The number of piperidine rings is 1. The lowest BCUT2D eigenvalue weighted by molar-refractivity contribution is -0.128. The van der Waals surface area contributed by atoms with Crippen molar-refractivity contribution < 1.29 is 14.0 Å². The van der Waals surface area contributed by atoms with Crippen LogP contribution < -0.4 is 5.32 Å². The Morgan fingerprint density at radius 1 is 0.889 bits per heavy atom. The maximum absolute atomic E-state index is 13.1. The van der Waals surface area contributed by atoms with E-state index in [2.05, 4.69) is 5.32 Å². The molecule has 1 aliphatic rings. The number of nitrogens with one attached hydrogen (secondary N) is 1. The largest absolute Gasteiger partial charge is 0.337 e. The van der Waals surface area contributed by atoms with Gasteiger partial charge >= 0.3 is 0 Å². The highest BCUT2D eigenvalue weighted by Gasteiger charge is 2.25. The van der Waals surface area contributed by atoms with Crippen molar-refractivity contribution in [3.8, 4) is 0 Å². The lowest BCUT2D eigenvalue weighted by Gasteiger charge is -2.28. The van der Waals surface area contributed by atoms with Gasteiger partial charge in [-0.1, -0.05) is 41.9 Å². The highest BCUT2D eigenvalue weighted by Crippen LogP contribution is 2.24. The zero-order valence-electron chi connectivity index (χ0n) is 14.8. The third-order valence-corrected chi connectivity index (χ3v) is 4.86. The summed E-state index contributed by atoms with van der Waals surface area (Å²) in [6, 6.07) is 14.1. The van der Waals surface area contributed by atoms with Gasteiger partial charge in [0.1, 0.15) is 11.5 Å². The summed E-state index contributed by atoms with van der Waals surface area (Å²) in [6.45, 7) is 1.27. The molecule has 2 aromatic carbocycles. The van der Waals surface area contributed by atoms with E-state index < -0.39 is 11.7 Å². The molecule has 6 heteroatoms. The first-order valence-corrected chi connectivity index (χ1v) is 9.25. The molecule has 0 aromatic heterocycles. The van der Waals surface area contributed by atoms with Crippen molar-refractivity contribution >= 4 is 28.4 Å². The molecular formula is C21H20ClFN2O2. The van der Waals surface area contributed by atoms with Gasteiger partial charge in [0.25, 0.3) is 11.8 Å². The van der Waals surface area contributed by atoms with Crippen LogP contribution in [0.3, 0.4) is 0 Å². The Hall–Kier alpha value is -2.66. The van der Waals surface area contributed by atoms with Gasteiger partial charge in [-0.05, 0) is 49.1 Å². The number of carbonyl (C=O) groups is 2. The molecule has 0 aliphatic carbocycles. The monoisotopic (exact) mass is 386 g/mol. The second kappa shape index (κ2) is 8.82. The molecule has 1 heterocycles. The van der Waals surface area contributed by atoms with E-state index in [-0.39, 0.29) is 22.2 Å². The van der Waals surface area contributed by atoms with E-state index in [0.29, 0.717) is 18.7 Å². The summed E-state index contributed by atoms with van der Waals surface area (Å²) >= 11 is 6.50. The van der Waals surface area contributed by atoms with Gasteiger partial charge in [-0.3, -0.25) is 9.59 Å². The Kier molecular flexibility index (Phi) is 6.24. The van der Waals surface area contributed by atoms with Crippen LogP contribution in [0.1, 0.15) is 35.2 Å². The van der Waals surface area contributed by atoms with Crippen molar-refractivity contribution in [1.29, 1.82) is 0 Å². The van der Waals surface area contributed by atoms with E-state index in [0.717, 1.165) is 19.3 Å². The molecule has 140 valence electrons. The van der Waals surface area contributed by atoms with Gasteiger partial charge in [0.2, 0.25) is 0 Å². The molecule has 4 nitrogen and oxygen atoms in total. The molecule has 0 radical (unpaired) electrons. The van der Waals surface area contributed by atoms with Crippen molar-refractivity contribution in [1.82, 2.24) is 10.2 Å². The summed E-state index contributed by atoms with van der Waals surface area (Å²) in [7, 11) is 0. The van der Waals surface area contributed by atoms with E-state index in [1.807, 2.05) is 18.2 Å². The smallest absolute Gasteiger partial charge is 0.271 e. The Morgan fingerprint density at radius 3 is 2.15 bits per heavy atom. The van der Waals surface area contributed by atoms with Crippen LogP contribution in [0.4, 0.5) is 4.39 Å². The molecule has 1 saturated heterocycles. The van der Waals surface area contributed by atoms with Crippen molar-refractivity contribution in [3.05, 3.63) is 77.2 Å². The molecule has 1 N–H and O–H groups in total. The Balaban J connectivity index is 1.93. The quantitative estimate of drug-likeness (QED) is 0.801. The number of hydrogen-bond acceptors (Lipinski definition) is 2. The van der Waals surface area contributed by atoms with Crippen LogP contribution >= 0.6 is 11.6 Å². The van der Waals surface area contributed by atoms with Crippen molar-refractivity contribution in [2.75, 3.05) is 13.1 Å². The maximum atomic E-state index is 13.1. The van der Waals surface area contributed by atoms with Crippen molar-refractivity contribution in [2.24, 2.45) is 0 Å². The van der Waals surface area contributed by atoms with Crippen LogP contribution in [0.2, 0.25) is 0 Å². The van der Waals surface area contributed by atoms with Gasteiger partial charge in [0.05, 0.1) is 5.03 Å². The first-order chi connectivity index (χ1) is 13.1. The number of likely N-dealkylation sites (tertiary alicyclic amines) is 1. The van der Waals surface area contributed by atoms with Crippen LogP contribution in [-0.2, 0) is 4.79 Å². The molecule has 0 spiro atoms. The number of halogens is 2. The van der Waals surface area contributed by atoms with Crippen LogP contribution in [0.15, 0.2) is 60.3 Å². The van der Waals surface area contributed by atoms with E-state index >= 15 is 0 Å². The molecule has 3 rings (SSSR count). The van der Waals surface area contributed by atoms with Gasteiger partial charge in [0.15, 0.2) is 0 Å². The fourth-order valence-corrected chi connectivity index (χ4v) is 3.23. The number of benzene rings is 2. The molecule has 27 heavy (non-hydrogen) atoms. The van der Waals surface area contributed by atoms with Crippen molar-refractivity contribution in [2.45, 2.75) is 19.3 Å². The average molecular weight is 387 g/mol. The average Bonchev–Trinajstić information content (AvgIpc) is 2.72. The van der Waals surface area contributed by atoms with Gasteiger partial charge in [-0.2, -0.15) is 0 Å². The van der Waals surface area contributed by atoms with E-state index in [1.54, 1.807) is 17.0 Å². The van der Waals surface area contributed by atoms with Crippen LogP contribution in [-0.4, -0.2) is 29.8 Å². The lowest BCUT2D eigenvalue weighted by atomic mass is 10.1. The second-order valence-corrected chi connectivity index (χ2v) is 6.75. The molecule has 0 unspecified atom stereocenters.